The molecule has 5 heteroatoms. The fraction of sp³-hybridized carbons (Fsp3) is 0.739. The molecule has 0 spiro atoms. The Morgan fingerprint density at radius 3 is 2.68 bits per heavy atom. The number of nitrogens with one attached hydrogen (secondary N) is 2. The van der Waals surface area contributed by atoms with E-state index in [1.54, 1.807) is 0 Å². The van der Waals surface area contributed by atoms with Gasteiger partial charge in [0.1, 0.15) is 11.9 Å². The SMILES string of the molecule is CCC(CC)CNC(CCCCCCCc1ccc2c(n1)NCCC2)C(=O)O. The van der Waals surface area contributed by atoms with Gasteiger partial charge in [-0.1, -0.05) is 58.4 Å². The fourth-order valence-electron chi connectivity index (χ4n) is 3.89. The number of hydrogen-bond acceptors (Lipinski definition) is 4. The zero-order valence-corrected chi connectivity index (χ0v) is 17.8. The van der Waals surface area contributed by atoms with Crippen molar-refractivity contribution in [1.29, 1.82) is 0 Å². The van der Waals surface area contributed by atoms with Crippen LogP contribution in [0.25, 0.3) is 0 Å². The van der Waals surface area contributed by atoms with Crippen molar-refractivity contribution in [1.82, 2.24) is 10.3 Å². The minimum atomic E-state index is -0.710. The minimum absolute atomic E-state index is 0.396. The Bertz CT molecular complexity index is 587. The summed E-state index contributed by atoms with van der Waals surface area (Å²) < 4.78 is 0. The summed E-state index contributed by atoms with van der Waals surface area (Å²) in [5.41, 5.74) is 2.53. The standard InChI is InChI=1S/C23H39N3O2/c1-3-18(4-2)17-25-21(23(27)28)13-9-7-5-6-8-12-20-15-14-19-11-10-16-24-22(19)26-20/h14-15,18,21,25H,3-13,16-17H2,1-2H3,(H,24,26)(H,27,28). The number of rotatable bonds is 14. The van der Waals surface area contributed by atoms with Gasteiger partial charge in [0.2, 0.25) is 0 Å². The van der Waals surface area contributed by atoms with Gasteiger partial charge in [-0.2, -0.15) is 0 Å². The summed E-state index contributed by atoms with van der Waals surface area (Å²) in [5, 5.41) is 16.1. The lowest BCUT2D eigenvalue weighted by atomic mass is 10.0. The van der Waals surface area contributed by atoms with E-state index in [0.29, 0.717) is 5.92 Å². The molecule has 2 rings (SSSR count). The van der Waals surface area contributed by atoms with Gasteiger partial charge in [0, 0.05) is 12.2 Å². The zero-order valence-electron chi connectivity index (χ0n) is 17.8. The number of fused-ring (bicyclic) bond motifs is 1. The predicted molar refractivity (Wildman–Crippen MR) is 116 cm³/mol. The number of carbonyl (C=O) groups is 1. The van der Waals surface area contributed by atoms with E-state index in [1.807, 2.05) is 0 Å². The van der Waals surface area contributed by atoms with Crippen LogP contribution in [0.15, 0.2) is 12.1 Å². The Morgan fingerprint density at radius 2 is 1.93 bits per heavy atom. The van der Waals surface area contributed by atoms with Crippen molar-refractivity contribution in [3.8, 4) is 0 Å². The molecule has 0 radical (unpaired) electrons. The molecule has 158 valence electrons. The average molecular weight is 390 g/mol. The van der Waals surface area contributed by atoms with Crippen LogP contribution in [-0.4, -0.2) is 35.2 Å². The Morgan fingerprint density at radius 1 is 1.18 bits per heavy atom. The number of carboxylic acid groups (broad SMARTS) is 1. The van der Waals surface area contributed by atoms with Crippen molar-refractivity contribution in [3.05, 3.63) is 23.4 Å². The van der Waals surface area contributed by atoms with Gasteiger partial charge in [-0.3, -0.25) is 4.79 Å². The Kier molecular flexibility index (Phi) is 10.3. The van der Waals surface area contributed by atoms with E-state index in [2.05, 4.69) is 36.6 Å². The monoisotopic (exact) mass is 389 g/mol. The molecule has 28 heavy (non-hydrogen) atoms. The Hall–Kier alpha value is -1.62. The molecule has 0 aliphatic carbocycles. The minimum Gasteiger partial charge on any atom is -0.480 e. The van der Waals surface area contributed by atoms with Crippen molar-refractivity contribution in [3.63, 3.8) is 0 Å². The Balaban J connectivity index is 1.57. The van der Waals surface area contributed by atoms with Crippen LogP contribution in [0.1, 0.15) is 82.9 Å². The number of carboxylic acids is 1. The van der Waals surface area contributed by atoms with E-state index in [9.17, 15) is 9.90 Å². The summed E-state index contributed by atoms with van der Waals surface area (Å²) >= 11 is 0. The molecule has 5 nitrogen and oxygen atoms in total. The topological polar surface area (TPSA) is 74.2 Å². The van der Waals surface area contributed by atoms with E-state index >= 15 is 0 Å². The molecular weight excluding hydrogens is 350 g/mol. The first-order chi connectivity index (χ1) is 13.6. The molecular formula is C23H39N3O2. The normalized spacial score (nSPS) is 14.5. The lowest BCUT2D eigenvalue weighted by Gasteiger charge is -2.18. The molecule has 0 saturated carbocycles. The quantitative estimate of drug-likeness (QED) is 0.399. The number of unbranched alkanes of at least 4 members (excludes halogenated alkanes) is 4. The van der Waals surface area contributed by atoms with Gasteiger partial charge in [-0.15, -0.1) is 0 Å². The second-order valence-corrected chi connectivity index (χ2v) is 8.13. The van der Waals surface area contributed by atoms with Crippen molar-refractivity contribution in [2.75, 3.05) is 18.4 Å². The lowest BCUT2D eigenvalue weighted by molar-refractivity contribution is -0.139. The van der Waals surface area contributed by atoms with Gasteiger partial charge in [0.25, 0.3) is 0 Å². The van der Waals surface area contributed by atoms with Crippen LogP contribution in [0.3, 0.4) is 0 Å². The molecule has 1 unspecified atom stereocenters. The number of aromatic nitrogens is 1. The third kappa shape index (κ3) is 7.78. The predicted octanol–water partition coefficient (Wildman–Crippen LogP) is 4.80. The molecule has 3 N–H and O–H groups in total. The highest BCUT2D eigenvalue weighted by atomic mass is 16.4. The van der Waals surface area contributed by atoms with E-state index in [1.165, 1.54) is 30.5 Å². The summed E-state index contributed by atoms with van der Waals surface area (Å²) in [4.78, 5) is 16.2. The number of aliphatic carboxylic acids is 1. The molecule has 2 heterocycles. The highest BCUT2D eigenvalue weighted by molar-refractivity contribution is 5.73. The molecule has 1 aromatic rings. The molecule has 1 atom stereocenters. The van der Waals surface area contributed by atoms with E-state index in [-0.39, 0.29) is 0 Å². The molecule has 0 fully saturated rings. The van der Waals surface area contributed by atoms with Crippen LogP contribution >= 0.6 is 0 Å². The van der Waals surface area contributed by atoms with Gasteiger partial charge in [-0.05, 0) is 56.2 Å². The van der Waals surface area contributed by atoms with Crippen molar-refractivity contribution in [2.24, 2.45) is 5.92 Å². The average Bonchev–Trinajstić information content (AvgIpc) is 2.71. The highest BCUT2D eigenvalue weighted by Gasteiger charge is 2.17. The third-order valence-corrected chi connectivity index (χ3v) is 5.98. The van der Waals surface area contributed by atoms with Crippen LogP contribution in [0.5, 0.6) is 0 Å². The highest BCUT2D eigenvalue weighted by Crippen LogP contribution is 2.20. The zero-order chi connectivity index (χ0) is 20.2. The fourth-order valence-corrected chi connectivity index (χ4v) is 3.89. The van der Waals surface area contributed by atoms with E-state index in [0.717, 1.165) is 70.3 Å². The van der Waals surface area contributed by atoms with Gasteiger partial charge in [0.05, 0.1) is 0 Å². The summed E-state index contributed by atoms with van der Waals surface area (Å²) in [7, 11) is 0. The Labute approximate surface area is 170 Å². The molecule has 0 aromatic carbocycles. The smallest absolute Gasteiger partial charge is 0.320 e. The van der Waals surface area contributed by atoms with Crippen molar-refractivity contribution in [2.45, 2.75) is 90.5 Å². The summed E-state index contributed by atoms with van der Waals surface area (Å²) in [6.07, 6.45) is 11.9. The lowest BCUT2D eigenvalue weighted by Crippen LogP contribution is -2.39. The second kappa shape index (κ2) is 12.8. The molecule has 0 bridgehead atoms. The molecule has 1 aliphatic rings. The molecule has 1 aromatic heterocycles. The van der Waals surface area contributed by atoms with Gasteiger partial charge in [0.15, 0.2) is 0 Å². The first-order valence-electron chi connectivity index (χ1n) is 11.3. The van der Waals surface area contributed by atoms with Gasteiger partial charge in [-0.25, -0.2) is 4.98 Å². The van der Waals surface area contributed by atoms with Crippen LogP contribution in [0.4, 0.5) is 5.82 Å². The van der Waals surface area contributed by atoms with Gasteiger partial charge >= 0.3 is 5.97 Å². The van der Waals surface area contributed by atoms with Crippen LogP contribution in [-0.2, 0) is 17.6 Å². The number of aryl methyl sites for hydroxylation is 2. The van der Waals surface area contributed by atoms with Crippen LogP contribution in [0, 0.1) is 5.92 Å². The maximum atomic E-state index is 11.4. The largest absolute Gasteiger partial charge is 0.480 e. The van der Waals surface area contributed by atoms with Gasteiger partial charge < -0.3 is 15.7 Å². The number of pyridine rings is 1. The molecule has 0 amide bonds. The summed E-state index contributed by atoms with van der Waals surface area (Å²) in [5.74, 6) is 0.955. The first kappa shape index (κ1) is 22.7. The number of anilines is 1. The van der Waals surface area contributed by atoms with E-state index < -0.39 is 12.0 Å². The first-order valence-corrected chi connectivity index (χ1v) is 11.3. The number of nitrogens with zero attached hydrogens (tertiary/aromatic N) is 1. The van der Waals surface area contributed by atoms with Crippen LogP contribution in [0.2, 0.25) is 0 Å². The molecule has 1 aliphatic heterocycles. The maximum Gasteiger partial charge on any atom is 0.320 e. The maximum absolute atomic E-state index is 11.4. The third-order valence-electron chi connectivity index (χ3n) is 5.98. The van der Waals surface area contributed by atoms with E-state index in [4.69, 9.17) is 4.98 Å². The molecule has 0 saturated heterocycles. The van der Waals surface area contributed by atoms with Crippen LogP contribution < -0.4 is 10.6 Å². The van der Waals surface area contributed by atoms with Crippen molar-refractivity contribution >= 4 is 11.8 Å². The summed E-state index contributed by atoms with van der Waals surface area (Å²) in [6, 6.07) is 4.01. The van der Waals surface area contributed by atoms with Crippen molar-refractivity contribution < 1.29 is 9.90 Å². The second-order valence-electron chi connectivity index (χ2n) is 8.13. The summed E-state index contributed by atoms with van der Waals surface area (Å²) in [6.45, 7) is 6.18. The number of hydrogen-bond donors (Lipinski definition) is 3.